The average molecular weight is 323 g/mol. The van der Waals surface area contributed by atoms with Crippen LogP contribution in [0.5, 0.6) is 0 Å². The molecule has 0 bridgehead atoms. The molecule has 23 heavy (non-hydrogen) atoms. The van der Waals surface area contributed by atoms with E-state index < -0.39 is 0 Å². The third-order valence-corrected chi connectivity index (χ3v) is 4.52. The zero-order chi connectivity index (χ0) is 15.9. The maximum absolute atomic E-state index is 4.27. The van der Waals surface area contributed by atoms with Crippen LogP contribution in [0.1, 0.15) is 11.1 Å². The average Bonchev–Trinajstić information content (AvgIpc) is 3.11. The molecule has 2 N–H and O–H groups in total. The van der Waals surface area contributed by atoms with Crippen LogP contribution in [0.3, 0.4) is 0 Å². The first-order valence-electron chi connectivity index (χ1n) is 7.78. The first-order chi connectivity index (χ1) is 11.3. The summed E-state index contributed by atoms with van der Waals surface area (Å²) in [5, 5.41) is 13.5. The Labute approximate surface area is 141 Å². The molecule has 0 unspecified atom stereocenters. The van der Waals surface area contributed by atoms with Gasteiger partial charge < -0.3 is 10.6 Å². The molecule has 2 aromatic carbocycles. The van der Waals surface area contributed by atoms with E-state index in [-0.39, 0.29) is 0 Å². The van der Waals surface area contributed by atoms with Crippen LogP contribution in [0.4, 0.5) is 0 Å². The molecule has 0 saturated carbocycles. The number of aliphatic imine (C=N–C) groups is 1. The molecule has 3 aromatic rings. The van der Waals surface area contributed by atoms with Crippen molar-refractivity contribution in [2.45, 2.75) is 13.0 Å². The number of thiophene rings is 1. The Kier molecular flexibility index (Phi) is 5.27. The quantitative estimate of drug-likeness (QED) is 0.553. The van der Waals surface area contributed by atoms with Crippen LogP contribution in [0.25, 0.3) is 10.8 Å². The third-order valence-electron chi connectivity index (χ3n) is 3.78. The van der Waals surface area contributed by atoms with Crippen molar-refractivity contribution in [1.29, 1.82) is 0 Å². The van der Waals surface area contributed by atoms with Gasteiger partial charge in [-0.2, -0.15) is 11.3 Å². The fourth-order valence-electron chi connectivity index (χ4n) is 2.52. The summed E-state index contributed by atoms with van der Waals surface area (Å²) in [6.07, 6.45) is 0.976. The summed E-state index contributed by atoms with van der Waals surface area (Å²) in [6, 6.07) is 17.2. The minimum atomic E-state index is 0.805. The summed E-state index contributed by atoms with van der Waals surface area (Å²) in [5.41, 5.74) is 2.62. The van der Waals surface area contributed by atoms with E-state index in [1.54, 1.807) is 18.4 Å². The van der Waals surface area contributed by atoms with Gasteiger partial charge in [-0.15, -0.1) is 0 Å². The lowest BCUT2D eigenvalue weighted by Gasteiger charge is -2.11. The Morgan fingerprint density at radius 1 is 1.00 bits per heavy atom. The van der Waals surface area contributed by atoms with E-state index in [2.05, 4.69) is 74.9 Å². The lowest BCUT2D eigenvalue weighted by atomic mass is 10.1. The molecule has 0 radical (unpaired) electrons. The number of fused-ring (bicyclic) bond motifs is 1. The summed E-state index contributed by atoms with van der Waals surface area (Å²) in [7, 11) is 1.80. The molecule has 4 heteroatoms. The van der Waals surface area contributed by atoms with Crippen LogP contribution in [-0.4, -0.2) is 19.6 Å². The van der Waals surface area contributed by atoms with E-state index >= 15 is 0 Å². The molecular formula is C19H21N3S. The largest absolute Gasteiger partial charge is 0.356 e. The molecule has 1 aromatic heterocycles. The van der Waals surface area contributed by atoms with E-state index in [1.807, 2.05) is 0 Å². The van der Waals surface area contributed by atoms with Crippen molar-refractivity contribution in [2.75, 3.05) is 13.6 Å². The Morgan fingerprint density at radius 3 is 2.65 bits per heavy atom. The van der Waals surface area contributed by atoms with Gasteiger partial charge in [-0.25, -0.2) is 0 Å². The number of guanidine groups is 1. The lowest BCUT2D eigenvalue weighted by molar-refractivity contribution is 0.796. The first-order valence-corrected chi connectivity index (χ1v) is 8.73. The van der Waals surface area contributed by atoms with Gasteiger partial charge in [0.05, 0.1) is 0 Å². The van der Waals surface area contributed by atoms with Gasteiger partial charge in [0, 0.05) is 20.1 Å². The first kappa shape index (κ1) is 15.6. The normalized spacial score (nSPS) is 11.6. The van der Waals surface area contributed by atoms with Gasteiger partial charge in [0.25, 0.3) is 0 Å². The molecule has 0 aliphatic carbocycles. The Hall–Kier alpha value is -2.33. The minimum absolute atomic E-state index is 0.805. The molecule has 118 valence electrons. The second-order valence-corrected chi connectivity index (χ2v) is 6.20. The van der Waals surface area contributed by atoms with Crippen molar-refractivity contribution in [3.63, 3.8) is 0 Å². The van der Waals surface area contributed by atoms with Gasteiger partial charge in [-0.1, -0.05) is 42.5 Å². The number of hydrogen-bond donors (Lipinski definition) is 2. The van der Waals surface area contributed by atoms with E-state index in [0.29, 0.717) is 0 Å². The molecule has 0 spiro atoms. The topological polar surface area (TPSA) is 36.4 Å². The van der Waals surface area contributed by atoms with Gasteiger partial charge in [0.2, 0.25) is 0 Å². The summed E-state index contributed by atoms with van der Waals surface area (Å²) in [6.45, 7) is 1.67. The van der Waals surface area contributed by atoms with Crippen LogP contribution >= 0.6 is 11.3 Å². The number of nitrogens with zero attached hydrogens (tertiary/aromatic N) is 1. The monoisotopic (exact) mass is 323 g/mol. The van der Waals surface area contributed by atoms with E-state index in [9.17, 15) is 0 Å². The van der Waals surface area contributed by atoms with E-state index in [4.69, 9.17) is 0 Å². The van der Waals surface area contributed by atoms with Gasteiger partial charge in [0.15, 0.2) is 5.96 Å². The second-order valence-electron chi connectivity index (χ2n) is 5.42. The fraction of sp³-hybridized carbons (Fsp3) is 0.211. The highest BCUT2D eigenvalue weighted by atomic mass is 32.1. The van der Waals surface area contributed by atoms with Crippen LogP contribution in [0, 0.1) is 0 Å². The highest BCUT2D eigenvalue weighted by Crippen LogP contribution is 2.15. The number of benzene rings is 2. The maximum Gasteiger partial charge on any atom is 0.191 e. The van der Waals surface area contributed by atoms with E-state index in [0.717, 1.165) is 25.5 Å². The SMILES string of the molecule is CN=C(NCCc1ccc2ccccc2c1)NCc1ccsc1. The van der Waals surface area contributed by atoms with Gasteiger partial charge in [0.1, 0.15) is 0 Å². The molecule has 0 saturated heterocycles. The molecule has 0 aliphatic heterocycles. The Balaban J connectivity index is 1.50. The van der Waals surface area contributed by atoms with Crippen molar-refractivity contribution in [1.82, 2.24) is 10.6 Å². The van der Waals surface area contributed by atoms with Crippen LogP contribution in [-0.2, 0) is 13.0 Å². The summed E-state index contributed by atoms with van der Waals surface area (Å²) in [5.74, 6) is 0.844. The smallest absolute Gasteiger partial charge is 0.191 e. The van der Waals surface area contributed by atoms with Gasteiger partial charge >= 0.3 is 0 Å². The van der Waals surface area contributed by atoms with E-state index in [1.165, 1.54) is 21.9 Å². The van der Waals surface area contributed by atoms with Crippen molar-refractivity contribution >= 4 is 28.1 Å². The minimum Gasteiger partial charge on any atom is -0.356 e. The summed E-state index contributed by atoms with van der Waals surface area (Å²) < 4.78 is 0. The predicted octanol–water partition coefficient (Wildman–Crippen LogP) is 3.81. The Morgan fingerprint density at radius 2 is 1.87 bits per heavy atom. The van der Waals surface area contributed by atoms with Gasteiger partial charge in [-0.05, 0) is 45.1 Å². The predicted molar refractivity (Wildman–Crippen MR) is 100 cm³/mol. The van der Waals surface area contributed by atoms with Crippen molar-refractivity contribution < 1.29 is 0 Å². The van der Waals surface area contributed by atoms with Gasteiger partial charge in [-0.3, -0.25) is 4.99 Å². The van der Waals surface area contributed by atoms with Crippen molar-refractivity contribution in [2.24, 2.45) is 4.99 Å². The maximum atomic E-state index is 4.27. The van der Waals surface area contributed by atoms with Crippen LogP contribution in [0.15, 0.2) is 64.3 Å². The molecule has 0 fully saturated rings. The zero-order valence-corrected chi connectivity index (χ0v) is 14.1. The molecule has 0 atom stereocenters. The molecule has 3 rings (SSSR count). The zero-order valence-electron chi connectivity index (χ0n) is 13.3. The summed E-state index contributed by atoms with van der Waals surface area (Å²) in [4.78, 5) is 4.27. The van der Waals surface area contributed by atoms with Crippen molar-refractivity contribution in [3.05, 3.63) is 70.4 Å². The standard InChI is InChI=1S/C19H21N3S/c1-20-19(22-13-16-9-11-23-14-16)21-10-8-15-6-7-17-4-2-3-5-18(17)12-15/h2-7,9,11-12,14H,8,10,13H2,1H3,(H2,20,21,22). The number of nitrogens with one attached hydrogen (secondary N) is 2. The summed E-state index contributed by atoms with van der Waals surface area (Å²) >= 11 is 1.71. The molecule has 3 nitrogen and oxygen atoms in total. The lowest BCUT2D eigenvalue weighted by Crippen LogP contribution is -2.37. The highest BCUT2D eigenvalue weighted by molar-refractivity contribution is 7.07. The molecule has 0 aliphatic rings. The number of hydrogen-bond acceptors (Lipinski definition) is 2. The van der Waals surface area contributed by atoms with Crippen LogP contribution < -0.4 is 10.6 Å². The highest BCUT2D eigenvalue weighted by Gasteiger charge is 2.00. The Bertz CT molecular complexity index is 778. The number of rotatable bonds is 5. The third kappa shape index (κ3) is 4.33. The van der Waals surface area contributed by atoms with Crippen molar-refractivity contribution in [3.8, 4) is 0 Å². The molecule has 0 amide bonds. The molecule has 1 heterocycles. The fourth-order valence-corrected chi connectivity index (χ4v) is 3.19. The van der Waals surface area contributed by atoms with Crippen LogP contribution in [0.2, 0.25) is 0 Å². The second kappa shape index (κ2) is 7.79. The molecular weight excluding hydrogens is 302 g/mol.